The SMILES string of the molecule is CCCCCCC/C=C\C/C=C\C/C=C\CCCCCCCCCCCCCCCCCCCCCCCCCCCCC(=O)NC(COC1OC(CO)C(O)C(O)C1O)C(O)CCCCCCCCCCCCCC. The minimum Gasteiger partial charge on any atom is -0.394 e. The van der Waals surface area contributed by atoms with E-state index in [2.05, 4.69) is 55.6 Å². The summed E-state index contributed by atoms with van der Waals surface area (Å²) in [6.07, 6.45) is 68.0. The number of aliphatic hydroxyl groups is 5. The minimum absolute atomic E-state index is 0.134. The van der Waals surface area contributed by atoms with Crippen molar-refractivity contribution in [2.24, 2.45) is 0 Å². The van der Waals surface area contributed by atoms with E-state index < -0.39 is 49.5 Å². The molecule has 0 radical (unpaired) electrons. The van der Waals surface area contributed by atoms with Crippen molar-refractivity contribution in [1.82, 2.24) is 5.32 Å². The van der Waals surface area contributed by atoms with Crippen molar-refractivity contribution in [1.29, 1.82) is 0 Å². The van der Waals surface area contributed by atoms with Gasteiger partial charge in [-0.1, -0.05) is 307 Å². The van der Waals surface area contributed by atoms with Gasteiger partial charge in [-0.25, -0.2) is 0 Å². The molecule has 7 atom stereocenters. The number of amides is 1. The van der Waals surface area contributed by atoms with Crippen molar-refractivity contribution in [3.8, 4) is 0 Å². The first-order valence-electron chi connectivity index (χ1n) is 33.2. The van der Waals surface area contributed by atoms with Crippen molar-refractivity contribution in [2.45, 2.75) is 371 Å². The lowest BCUT2D eigenvalue weighted by molar-refractivity contribution is -0.302. The second-order valence-electron chi connectivity index (χ2n) is 23.3. The van der Waals surface area contributed by atoms with Gasteiger partial charge >= 0.3 is 0 Å². The highest BCUT2D eigenvalue weighted by Gasteiger charge is 2.44. The summed E-state index contributed by atoms with van der Waals surface area (Å²) in [4.78, 5) is 13.1. The van der Waals surface area contributed by atoms with Gasteiger partial charge in [0.1, 0.15) is 24.4 Å². The van der Waals surface area contributed by atoms with E-state index >= 15 is 0 Å². The molecule has 1 fully saturated rings. The normalized spacial score (nSPS) is 19.0. The molecule has 0 aromatic heterocycles. The van der Waals surface area contributed by atoms with Gasteiger partial charge in [-0.3, -0.25) is 4.79 Å². The molecule has 76 heavy (non-hydrogen) atoms. The fourth-order valence-electron chi connectivity index (χ4n) is 10.8. The molecule has 1 aliphatic rings. The van der Waals surface area contributed by atoms with Crippen LogP contribution in [0.5, 0.6) is 0 Å². The van der Waals surface area contributed by atoms with Gasteiger partial charge in [0.05, 0.1) is 25.4 Å². The fourth-order valence-corrected chi connectivity index (χ4v) is 10.8. The standard InChI is InChI=1S/C67H127NO8/c1-3-5-7-9-11-13-15-17-18-19-20-21-22-23-24-25-26-27-28-29-30-31-32-33-34-35-36-37-38-39-40-41-42-43-44-45-47-49-51-53-55-57-63(71)68-60(59-75-67-66(74)65(73)64(72)62(58-69)76-67)61(70)56-54-52-50-48-46-16-14-12-10-8-6-4-2/h15,17,19-20,22-23,60-62,64-67,69-70,72-74H,3-14,16,18,21,24-59H2,1-2H3,(H,68,71)/b17-15-,20-19-,23-22-. The second kappa shape index (κ2) is 56.7. The molecule has 0 aromatic carbocycles. The number of carbonyl (C=O) groups excluding carboxylic acids is 1. The molecule has 1 aliphatic heterocycles. The van der Waals surface area contributed by atoms with E-state index in [4.69, 9.17) is 9.47 Å². The van der Waals surface area contributed by atoms with Crippen LogP contribution in [-0.2, 0) is 14.3 Å². The summed E-state index contributed by atoms with van der Waals surface area (Å²) in [5.74, 6) is -0.139. The summed E-state index contributed by atoms with van der Waals surface area (Å²) in [5.41, 5.74) is 0. The Morgan fingerprint density at radius 1 is 0.447 bits per heavy atom. The summed E-state index contributed by atoms with van der Waals surface area (Å²) >= 11 is 0. The monoisotopic (exact) mass is 1070 g/mol. The smallest absolute Gasteiger partial charge is 0.220 e. The van der Waals surface area contributed by atoms with Crippen LogP contribution in [-0.4, -0.2) is 87.5 Å². The van der Waals surface area contributed by atoms with Crippen molar-refractivity contribution in [3.63, 3.8) is 0 Å². The Morgan fingerprint density at radius 3 is 1.14 bits per heavy atom. The van der Waals surface area contributed by atoms with Crippen molar-refractivity contribution in [3.05, 3.63) is 36.5 Å². The van der Waals surface area contributed by atoms with Crippen LogP contribution in [0.4, 0.5) is 0 Å². The van der Waals surface area contributed by atoms with E-state index in [1.54, 1.807) is 0 Å². The first-order chi connectivity index (χ1) is 37.3. The number of rotatable bonds is 58. The van der Waals surface area contributed by atoms with Crippen molar-refractivity contribution in [2.75, 3.05) is 13.2 Å². The zero-order valence-electron chi connectivity index (χ0n) is 50.0. The summed E-state index contributed by atoms with van der Waals surface area (Å²) < 4.78 is 11.3. The van der Waals surface area contributed by atoms with Crippen LogP contribution in [0.15, 0.2) is 36.5 Å². The van der Waals surface area contributed by atoms with Crippen LogP contribution in [0.1, 0.15) is 328 Å². The molecule has 1 rings (SSSR count). The molecule has 0 bridgehead atoms. The molecular formula is C67H127NO8. The minimum atomic E-state index is -1.55. The second-order valence-corrected chi connectivity index (χ2v) is 23.3. The Labute approximate surface area is 470 Å². The lowest BCUT2D eigenvalue weighted by Crippen LogP contribution is -2.60. The van der Waals surface area contributed by atoms with Gasteiger partial charge in [0.2, 0.25) is 5.91 Å². The van der Waals surface area contributed by atoms with Gasteiger partial charge in [0, 0.05) is 6.42 Å². The molecule has 1 saturated heterocycles. The molecule has 0 saturated carbocycles. The Hall–Kier alpha value is -1.59. The predicted molar refractivity (Wildman–Crippen MR) is 323 cm³/mol. The lowest BCUT2D eigenvalue weighted by Gasteiger charge is -2.40. The summed E-state index contributed by atoms with van der Waals surface area (Å²) in [5, 5.41) is 54.6. The Balaban J connectivity index is 1.99. The highest BCUT2D eigenvalue weighted by atomic mass is 16.7. The largest absolute Gasteiger partial charge is 0.394 e. The van der Waals surface area contributed by atoms with Crippen LogP contribution >= 0.6 is 0 Å². The maximum absolute atomic E-state index is 13.1. The van der Waals surface area contributed by atoms with Gasteiger partial charge in [-0.2, -0.15) is 0 Å². The van der Waals surface area contributed by atoms with E-state index in [-0.39, 0.29) is 12.5 Å². The van der Waals surface area contributed by atoms with Gasteiger partial charge in [0.25, 0.3) is 0 Å². The van der Waals surface area contributed by atoms with Gasteiger partial charge in [-0.05, 0) is 51.4 Å². The fraction of sp³-hybridized carbons (Fsp3) is 0.896. The van der Waals surface area contributed by atoms with Crippen LogP contribution in [0.2, 0.25) is 0 Å². The van der Waals surface area contributed by atoms with Crippen LogP contribution in [0.25, 0.3) is 0 Å². The summed E-state index contributed by atoms with van der Waals surface area (Å²) in [6.45, 7) is 3.84. The number of hydrogen-bond acceptors (Lipinski definition) is 8. The Morgan fingerprint density at radius 2 is 0.776 bits per heavy atom. The first kappa shape index (κ1) is 72.4. The number of unbranched alkanes of at least 4 members (excludes halogenated alkanes) is 42. The van der Waals surface area contributed by atoms with E-state index in [0.717, 1.165) is 51.4 Å². The van der Waals surface area contributed by atoms with Crippen molar-refractivity contribution >= 4 is 5.91 Å². The molecule has 0 aromatic rings. The number of carbonyl (C=O) groups is 1. The highest BCUT2D eigenvalue weighted by Crippen LogP contribution is 2.24. The van der Waals surface area contributed by atoms with E-state index in [0.29, 0.717) is 12.8 Å². The third-order valence-electron chi connectivity index (χ3n) is 16.0. The predicted octanol–water partition coefficient (Wildman–Crippen LogP) is 17.5. The van der Waals surface area contributed by atoms with Crippen LogP contribution < -0.4 is 5.32 Å². The van der Waals surface area contributed by atoms with E-state index in [9.17, 15) is 30.3 Å². The van der Waals surface area contributed by atoms with Gasteiger partial charge in [-0.15, -0.1) is 0 Å². The third-order valence-corrected chi connectivity index (χ3v) is 16.0. The van der Waals surface area contributed by atoms with Gasteiger partial charge < -0.3 is 40.3 Å². The zero-order valence-corrected chi connectivity index (χ0v) is 50.0. The number of hydrogen-bond donors (Lipinski definition) is 6. The molecular weight excluding hydrogens is 947 g/mol. The Bertz CT molecular complexity index is 1290. The molecule has 0 spiro atoms. The van der Waals surface area contributed by atoms with Crippen molar-refractivity contribution < 1.29 is 39.8 Å². The quantitative estimate of drug-likeness (QED) is 0.0261. The number of ether oxygens (including phenoxy) is 2. The molecule has 448 valence electrons. The average molecular weight is 1070 g/mol. The number of aliphatic hydroxyl groups excluding tert-OH is 5. The van der Waals surface area contributed by atoms with Gasteiger partial charge in [0.15, 0.2) is 6.29 Å². The zero-order chi connectivity index (χ0) is 55.0. The third kappa shape index (κ3) is 45.2. The van der Waals surface area contributed by atoms with E-state index in [1.165, 1.54) is 250 Å². The number of allylic oxidation sites excluding steroid dienone is 6. The summed E-state index contributed by atoms with van der Waals surface area (Å²) in [6, 6.07) is -0.715. The molecule has 6 N–H and O–H groups in total. The molecule has 1 amide bonds. The molecule has 1 heterocycles. The maximum atomic E-state index is 13.1. The summed E-state index contributed by atoms with van der Waals surface area (Å²) in [7, 11) is 0. The maximum Gasteiger partial charge on any atom is 0.220 e. The van der Waals surface area contributed by atoms with Crippen LogP contribution in [0, 0.1) is 0 Å². The number of nitrogens with one attached hydrogen (secondary N) is 1. The molecule has 7 unspecified atom stereocenters. The molecule has 9 nitrogen and oxygen atoms in total. The molecule has 9 heteroatoms. The highest BCUT2D eigenvalue weighted by molar-refractivity contribution is 5.76. The van der Waals surface area contributed by atoms with Crippen LogP contribution in [0.3, 0.4) is 0 Å². The first-order valence-corrected chi connectivity index (χ1v) is 33.2. The van der Waals surface area contributed by atoms with E-state index in [1.807, 2.05) is 0 Å². The Kier molecular flexibility index (Phi) is 54.0. The lowest BCUT2D eigenvalue weighted by atomic mass is 9.99. The topological polar surface area (TPSA) is 149 Å². The molecule has 0 aliphatic carbocycles. The average Bonchev–Trinajstić information content (AvgIpc) is 3.42.